The molecule has 1 aromatic heterocycles. The van der Waals surface area contributed by atoms with Crippen molar-refractivity contribution < 1.29 is 4.79 Å². The summed E-state index contributed by atoms with van der Waals surface area (Å²) >= 11 is 0. The van der Waals surface area contributed by atoms with Crippen LogP contribution in [0.5, 0.6) is 0 Å². The maximum absolute atomic E-state index is 12.0. The fourth-order valence-corrected chi connectivity index (χ4v) is 1.87. The summed E-state index contributed by atoms with van der Waals surface area (Å²) in [5, 5.41) is 5.97. The van der Waals surface area contributed by atoms with E-state index < -0.39 is 0 Å². The van der Waals surface area contributed by atoms with E-state index in [1.54, 1.807) is 6.07 Å². The minimum absolute atomic E-state index is 0.162. The highest BCUT2D eigenvalue weighted by Crippen LogP contribution is 2.07. The van der Waals surface area contributed by atoms with Crippen molar-refractivity contribution in [3.63, 3.8) is 0 Å². The Morgan fingerprint density at radius 3 is 2.67 bits per heavy atom. The Morgan fingerprint density at radius 2 is 1.95 bits per heavy atom. The molecule has 5 nitrogen and oxygen atoms in total. The number of rotatable bonds is 6. The normalized spacial score (nSPS) is 10.2. The number of hydrogen-bond donors (Lipinski definition) is 2. The number of benzene rings is 1. The smallest absolute Gasteiger partial charge is 0.270 e. The molecule has 0 aliphatic rings. The molecule has 0 unspecified atom stereocenters. The molecule has 2 aromatic rings. The third-order valence-corrected chi connectivity index (χ3v) is 2.92. The largest absolute Gasteiger partial charge is 0.351 e. The van der Waals surface area contributed by atoms with E-state index in [9.17, 15) is 4.79 Å². The van der Waals surface area contributed by atoms with Gasteiger partial charge in [-0.25, -0.2) is 9.97 Å². The van der Waals surface area contributed by atoms with Gasteiger partial charge in [0.2, 0.25) is 5.95 Å². The Morgan fingerprint density at radius 1 is 1.19 bits per heavy atom. The van der Waals surface area contributed by atoms with Gasteiger partial charge in [0, 0.05) is 18.8 Å². The minimum atomic E-state index is -0.162. The standard InChI is InChI=1S/C16H20N4O/c1-3-9-17-15(21)14-10-12(2)19-16(20-14)18-11-13-7-5-4-6-8-13/h4-8,10H,3,9,11H2,1-2H3,(H,17,21)(H,18,19,20). The van der Waals surface area contributed by atoms with Gasteiger partial charge in [0.1, 0.15) is 5.69 Å². The lowest BCUT2D eigenvalue weighted by Crippen LogP contribution is -2.25. The van der Waals surface area contributed by atoms with Crippen molar-refractivity contribution in [1.29, 1.82) is 0 Å². The van der Waals surface area contributed by atoms with Crippen LogP contribution < -0.4 is 10.6 Å². The number of amides is 1. The van der Waals surface area contributed by atoms with Crippen molar-refractivity contribution in [1.82, 2.24) is 15.3 Å². The minimum Gasteiger partial charge on any atom is -0.351 e. The highest BCUT2D eigenvalue weighted by Gasteiger charge is 2.09. The molecule has 1 heterocycles. The molecule has 5 heteroatoms. The number of carbonyl (C=O) groups is 1. The van der Waals surface area contributed by atoms with E-state index in [1.807, 2.05) is 44.2 Å². The topological polar surface area (TPSA) is 66.9 Å². The summed E-state index contributed by atoms with van der Waals surface area (Å²) < 4.78 is 0. The maximum Gasteiger partial charge on any atom is 0.270 e. The highest BCUT2D eigenvalue weighted by molar-refractivity contribution is 5.92. The van der Waals surface area contributed by atoms with E-state index in [4.69, 9.17) is 0 Å². The molecule has 0 radical (unpaired) electrons. The van der Waals surface area contributed by atoms with Crippen LogP contribution in [-0.4, -0.2) is 22.4 Å². The third-order valence-electron chi connectivity index (χ3n) is 2.92. The molecular weight excluding hydrogens is 264 g/mol. The zero-order chi connectivity index (χ0) is 15.1. The molecule has 2 rings (SSSR count). The molecule has 0 bridgehead atoms. The average molecular weight is 284 g/mol. The van der Waals surface area contributed by atoms with Crippen LogP contribution >= 0.6 is 0 Å². The SMILES string of the molecule is CCCNC(=O)c1cc(C)nc(NCc2ccccc2)n1. The lowest BCUT2D eigenvalue weighted by atomic mass is 10.2. The second kappa shape index (κ2) is 7.38. The van der Waals surface area contributed by atoms with E-state index >= 15 is 0 Å². The number of hydrogen-bond acceptors (Lipinski definition) is 4. The van der Waals surface area contributed by atoms with Gasteiger partial charge in [-0.2, -0.15) is 0 Å². The lowest BCUT2D eigenvalue weighted by Gasteiger charge is -2.08. The van der Waals surface area contributed by atoms with Gasteiger partial charge in [-0.05, 0) is 25.0 Å². The summed E-state index contributed by atoms with van der Waals surface area (Å²) in [6.07, 6.45) is 0.898. The van der Waals surface area contributed by atoms with E-state index in [-0.39, 0.29) is 5.91 Å². The molecule has 2 N–H and O–H groups in total. The number of anilines is 1. The Bertz CT molecular complexity index is 598. The molecule has 0 saturated heterocycles. The zero-order valence-electron chi connectivity index (χ0n) is 12.4. The van der Waals surface area contributed by atoms with Gasteiger partial charge in [0.15, 0.2) is 0 Å². The van der Waals surface area contributed by atoms with E-state index in [0.717, 1.165) is 17.7 Å². The second-order valence-corrected chi connectivity index (χ2v) is 4.81. The van der Waals surface area contributed by atoms with E-state index in [2.05, 4.69) is 20.6 Å². The Labute approximate surface area is 124 Å². The van der Waals surface area contributed by atoms with Crippen molar-refractivity contribution in [3.8, 4) is 0 Å². The summed E-state index contributed by atoms with van der Waals surface area (Å²) in [4.78, 5) is 20.5. The summed E-state index contributed by atoms with van der Waals surface area (Å²) in [6, 6.07) is 11.7. The summed E-state index contributed by atoms with van der Waals surface area (Å²) in [5.41, 5.74) is 2.30. The van der Waals surface area contributed by atoms with Crippen LogP contribution in [0.15, 0.2) is 36.4 Å². The Kier molecular flexibility index (Phi) is 5.26. The van der Waals surface area contributed by atoms with Gasteiger partial charge in [0.05, 0.1) is 0 Å². The predicted molar refractivity (Wildman–Crippen MR) is 83.2 cm³/mol. The van der Waals surface area contributed by atoms with Crippen LogP contribution in [-0.2, 0) is 6.54 Å². The fraction of sp³-hybridized carbons (Fsp3) is 0.312. The van der Waals surface area contributed by atoms with Crippen molar-refractivity contribution in [2.75, 3.05) is 11.9 Å². The van der Waals surface area contributed by atoms with E-state index in [1.165, 1.54) is 0 Å². The fourth-order valence-electron chi connectivity index (χ4n) is 1.87. The molecule has 0 atom stereocenters. The predicted octanol–water partition coefficient (Wildman–Crippen LogP) is 2.54. The monoisotopic (exact) mass is 284 g/mol. The molecule has 110 valence electrons. The number of nitrogens with one attached hydrogen (secondary N) is 2. The first-order chi connectivity index (χ1) is 10.2. The summed E-state index contributed by atoms with van der Waals surface area (Å²) in [7, 11) is 0. The summed E-state index contributed by atoms with van der Waals surface area (Å²) in [5.74, 6) is 0.311. The van der Waals surface area contributed by atoms with Crippen LogP contribution in [0.2, 0.25) is 0 Å². The first-order valence-corrected chi connectivity index (χ1v) is 7.10. The molecule has 0 spiro atoms. The average Bonchev–Trinajstić information content (AvgIpc) is 2.51. The first-order valence-electron chi connectivity index (χ1n) is 7.10. The van der Waals surface area contributed by atoms with Crippen molar-refractivity contribution in [2.24, 2.45) is 0 Å². The van der Waals surface area contributed by atoms with Gasteiger partial charge in [-0.15, -0.1) is 0 Å². The zero-order valence-corrected chi connectivity index (χ0v) is 12.4. The molecule has 0 saturated carbocycles. The number of nitrogens with zero attached hydrogens (tertiary/aromatic N) is 2. The van der Waals surface area contributed by atoms with Crippen molar-refractivity contribution in [2.45, 2.75) is 26.8 Å². The van der Waals surface area contributed by atoms with Gasteiger partial charge in [-0.1, -0.05) is 37.3 Å². The molecule has 21 heavy (non-hydrogen) atoms. The molecular formula is C16H20N4O. The Balaban J connectivity index is 2.06. The molecule has 1 amide bonds. The van der Waals surface area contributed by atoms with E-state index in [0.29, 0.717) is 24.7 Å². The lowest BCUT2D eigenvalue weighted by molar-refractivity contribution is 0.0948. The van der Waals surface area contributed by atoms with Crippen LogP contribution in [0.25, 0.3) is 0 Å². The van der Waals surface area contributed by atoms with Gasteiger partial charge >= 0.3 is 0 Å². The molecule has 0 fully saturated rings. The molecule has 0 aliphatic heterocycles. The quantitative estimate of drug-likeness (QED) is 0.855. The third kappa shape index (κ3) is 4.56. The van der Waals surface area contributed by atoms with Crippen molar-refractivity contribution >= 4 is 11.9 Å². The highest BCUT2D eigenvalue weighted by atomic mass is 16.1. The molecule has 1 aromatic carbocycles. The van der Waals surface area contributed by atoms with Gasteiger partial charge in [-0.3, -0.25) is 4.79 Å². The van der Waals surface area contributed by atoms with Gasteiger partial charge in [0.25, 0.3) is 5.91 Å². The van der Waals surface area contributed by atoms with Crippen LogP contribution in [0.3, 0.4) is 0 Å². The summed E-state index contributed by atoms with van der Waals surface area (Å²) in [6.45, 7) is 5.14. The van der Waals surface area contributed by atoms with Crippen LogP contribution in [0, 0.1) is 6.92 Å². The molecule has 0 aliphatic carbocycles. The number of aromatic nitrogens is 2. The van der Waals surface area contributed by atoms with Gasteiger partial charge < -0.3 is 10.6 Å². The second-order valence-electron chi connectivity index (χ2n) is 4.81. The number of carbonyl (C=O) groups excluding carboxylic acids is 1. The first kappa shape index (κ1) is 15.0. The maximum atomic E-state index is 12.0. The van der Waals surface area contributed by atoms with Crippen LogP contribution in [0.4, 0.5) is 5.95 Å². The van der Waals surface area contributed by atoms with Crippen LogP contribution in [0.1, 0.15) is 35.1 Å². The Hall–Kier alpha value is -2.43. The number of aryl methyl sites for hydroxylation is 1. The van der Waals surface area contributed by atoms with Crippen molar-refractivity contribution in [3.05, 3.63) is 53.3 Å².